The van der Waals surface area contributed by atoms with Crippen LogP contribution in [0.4, 0.5) is 0 Å². The average Bonchev–Trinajstić information content (AvgIpc) is 2.32. The van der Waals surface area contributed by atoms with Crippen molar-refractivity contribution in [3.8, 4) is 0 Å². The Hall–Kier alpha value is -0.920. The molecule has 0 atom stereocenters. The van der Waals surface area contributed by atoms with Gasteiger partial charge in [-0.2, -0.15) is 0 Å². The number of ketones is 2. The minimum atomic E-state index is 0.0689. The van der Waals surface area contributed by atoms with Gasteiger partial charge in [-0.25, -0.2) is 0 Å². The number of Topliss-reactive ketones (excluding diaryl/α,β-unsaturated/α-hetero) is 2. The molecule has 0 spiro atoms. The molecule has 0 unspecified atom stereocenters. The molecule has 0 aromatic rings. The standard InChI is InChI=1S/C15H26O2/c1-3-5-6-7-8-9-10-11-12-15(17)13-14(16)4-2/h3H,1,4-13H2,2H3. The summed E-state index contributed by atoms with van der Waals surface area (Å²) in [5, 5.41) is 0. The second-order valence-electron chi connectivity index (χ2n) is 4.56. The minimum absolute atomic E-state index is 0.0689. The van der Waals surface area contributed by atoms with E-state index in [2.05, 4.69) is 6.58 Å². The first kappa shape index (κ1) is 16.1. The number of hydrogen-bond acceptors (Lipinski definition) is 2. The number of rotatable bonds is 12. The van der Waals surface area contributed by atoms with Crippen LogP contribution in [0.25, 0.3) is 0 Å². The molecule has 0 aromatic heterocycles. The minimum Gasteiger partial charge on any atom is -0.299 e. The third-order valence-corrected chi connectivity index (χ3v) is 2.90. The summed E-state index contributed by atoms with van der Waals surface area (Å²) in [4.78, 5) is 22.4. The van der Waals surface area contributed by atoms with Crippen molar-refractivity contribution in [1.82, 2.24) is 0 Å². The summed E-state index contributed by atoms with van der Waals surface area (Å²) in [6.07, 6.45) is 11.3. The molecule has 0 amide bonds. The Morgan fingerprint density at radius 1 is 0.941 bits per heavy atom. The van der Waals surface area contributed by atoms with E-state index in [1.165, 1.54) is 25.7 Å². The molecule has 98 valence electrons. The lowest BCUT2D eigenvalue weighted by atomic mass is 10.0. The van der Waals surface area contributed by atoms with E-state index in [0.29, 0.717) is 12.8 Å². The van der Waals surface area contributed by atoms with Crippen LogP contribution in [0.15, 0.2) is 12.7 Å². The highest BCUT2D eigenvalue weighted by atomic mass is 16.1. The summed E-state index contributed by atoms with van der Waals surface area (Å²) in [7, 11) is 0. The van der Waals surface area contributed by atoms with Gasteiger partial charge in [0.1, 0.15) is 11.6 Å². The van der Waals surface area contributed by atoms with Gasteiger partial charge >= 0.3 is 0 Å². The fourth-order valence-corrected chi connectivity index (χ4v) is 1.75. The van der Waals surface area contributed by atoms with Gasteiger partial charge < -0.3 is 0 Å². The van der Waals surface area contributed by atoms with Crippen molar-refractivity contribution in [1.29, 1.82) is 0 Å². The first-order valence-electron chi connectivity index (χ1n) is 6.85. The molecule has 17 heavy (non-hydrogen) atoms. The van der Waals surface area contributed by atoms with Gasteiger partial charge in [-0.3, -0.25) is 9.59 Å². The quantitative estimate of drug-likeness (QED) is 0.289. The van der Waals surface area contributed by atoms with E-state index in [1.54, 1.807) is 6.92 Å². The fourth-order valence-electron chi connectivity index (χ4n) is 1.75. The lowest BCUT2D eigenvalue weighted by Gasteiger charge is -2.01. The van der Waals surface area contributed by atoms with Gasteiger partial charge in [-0.15, -0.1) is 6.58 Å². The van der Waals surface area contributed by atoms with Crippen molar-refractivity contribution in [2.24, 2.45) is 0 Å². The third-order valence-electron chi connectivity index (χ3n) is 2.90. The molecule has 0 aliphatic carbocycles. The molecular weight excluding hydrogens is 212 g/mol. The van der Waals surface area contributed by atoms with E-state index >= 15 is 0 Å². The van der Waals surface area contributed by atoms with E-state index in [4.69, 9.17) is 0 Å². The van der Waals surface area contributed by atoms with Crippen LogP contribution in [-0.2, 0) is 9.59 Å². The Kier molecular flexibility index (Phi) is 10.9. The van der Waals surface area contributed by atoms with Crippen LogP contribution >= 0.6 is 0 Å². The second kappa shape index (κ2) is 11.6. The normalized spacial score (nSPS) is 10.2. The summed E-state index contributed by atoms with van der Waals surface area (Å²) in [6, 6.07) is 0. The fraction of sp³-hybridized carbons (Fsp3) is 0.733. The maximum atomic E-state index is 11.4. The van der Waals surface area contributed by atoms with Crippen LogP contribution < -0.4 is 0 Å². The van der Waals surface area contributed by atoms with Crippen molar-refractivity contribution in [2.75, 3.05) is 0 Å². The van der Waals surface area contributed by atoms with Gasteiger partial charge in [0.15, 0.2) is 0 Å². The Balaban J connectivity index is 3.24. The molecule has 0 aliphatic heterocycles. The number of carbonyl (C=O) groups is 2. The van der Waals surface area contributed by atoms with Gasteiger partial charge in [0.25, 0.3) is 0 Å². The smallest absolute Gasteiger partial charge is 0.140 e. The monoisotopic (exact) mass is 238 g/mol. The summed E-state index contributed by atoms with van der Waals surface area (Å²) in [6.45, 7) is 5.50. The molecule has 0 fully saturated rings. The van der Waals surface area contributed by atoms with Crippen LogP contribution in [0.1, 0.15) is 71.1 Å². The lowest BCUT2D eigenvalue weighted by molar-refractivity contribution is -0.126. The number of carbonyl (C=O) groups excluding carboxylic acids is 2. The lowest BCUT2D eigenvalue weighted by Crippen LogP contribution is -2.06. The predicted octanol–water partition coefficient (Wildman–Crippen LogP) is 4.23. The number of unbranched alkanes of at least 4 members (excludes halogenated alkanes) is 6. The molecule has 0 heterocycles. The molecule has 0 aromatic carbocycles. The topological polar surface area (TPSA) is 34.1 Å². The molecule has 0 rings (SSSR count). The Morgan fingerprint density at radius 2 is 1.53 bits per heavy atom. The van der Waals surface area contributed by atoms with Crippen LogP contribution in [0, 0.1) is 0 Å². The van der Waals surface area contributed by atoms with Crippen LogP contribution in [0.5, 0.6) is 0 Å². The number of hydrogen-bond donors (Lipinski definition) is 0. The summed E-state index contributed by atoms with van der Waals surface area (Å²) in [5.74, 6) is 0.183. The molecule has 0 radical (unpaired) electrons. The Labute approximate surface area is 105 Å². The van der Waals surface area contributed by atoms with Crippen molar-refractivity contribution in [2.45, 2.75) is 71.1 Å². The van der Waals surface area contributed by atoms with Gasteiger partial charge in [0.2, 0.25) is 0 Å². The van der Waals surface area contributed by atoms with Gasteiger partial charge in [0.05, 0.1) is 6.42 Å². The molecule has 0 N–H and O–H groups in total. The summed E-state index contributed by atoms with van der Waals surface area (Å²) >= 11 is 0. The highest BCUT2D eigenvalue weighted by molar-refractivity contribution is 5.98. The van der Waals surface area contributed by atoms with Gasteiger partial charge in [0, 0.05) is 12.8 Å². The van der Waals surface area contributed by atoms with Crippen molar-refractivity contribution in [3.63, 3.8) is 0 Å². The van der Waals surface area contributed by atoms with Crippen molar-refractivity contribution >= 4 is 11.6 Å². The second-order valence-corrected chi connectivity index (χ2v) is 4.56. The van der Waals surface area contributed by atoms with Gasteiger partial charge in [-0.1, -0.05) is 38.7 Å². The van der Waals surface area contributed by atoms with Gasteiger partial charge in [-0.05, 0) is 19.3 Å². The highest BCUT2D eigenvalue weighted by Crippen LogP contribution is 2.09. The maximum absolute atomic E-state index is 11.4. The molecule has 0 saturated heterocycles. The van der Waals surface area contributed by atoms with Crippen molar-refractivity contribution < 1.29 is 9.59 Å². The molecule has 2 nitrogen and oxygen atoms in total. The Bertz CT molecular complexity index is 231. The molecule has 2 heteroatoms. The third kappa shape index (κ3) is 11.3. The molecule has 0 saturated carbocycles. The Morgan fingerprint density at radius 3 is 2.12 bits per heavy atom. The molecule has 0 aliphatic rings. The molecular formula is C15H26O2. The highest BCUT2D eigenvalue weighted by Gasteiger charge is 2.06. The van der Waals surface area contributed by atoms with E-state index in [9.17, 15) is 9.59 Å². The zero-order chi connectivity index (χ0) is 12.9. The van der Waals surface area contributed by atoms with Crippen LogP contribution in [0.2, 0.25) is 0 Å². The van der Waals surface area contributed by atoms with E-state index in [0.717, 1.165) is 19.3 Å². The summed E-state index contributed by atoms with van der Waals surface area (Å²) in [5.41, 5.74) is 0. The van der Waals surface area contributed by atoms with Crippen LogP contribution in [-0.4, -0.2) is 11.6 Å². The zero-order valence-corrected chi connectivity index (χ0v) is 11.2. The number of allylic oxidation sites excluding steroid dienone is 1. The maximum Gasteiger partial charge on any atom is 0.140 e. The first-order valence-corrected chi connectivity index (χ1v) is 6.85. The van der Waals surface area contributed by atoms with E-state index < -0.39 is 0 Å². The largest absolute Gasteiger partial charge is 0.299 e. The SMILES string of the molecule is C=CCCCCCCCCC(=O)CC(=O)CC. The zero-order valence-electron chi connectivity index (χ0n) is 11.2. The van der Waals surface area contributed by atoms with E-state index in [1.807, 2.05) is 6.08 Å². The molecule has 0 bridgehead atoms. The predicted molar refractivity (Wildman–Crippen MR) is 72.1 cm³/mol. The first-order chi connectivity index (χ1) is 8.20. The van der Waals surface area contributed by atoms with E-state index in [-0.39, 0.29) is 18.0 Å². The average molecular weight is 238 g/mol. The van der Waals surface area contributed by atoms with Crippen LogP contribution in [0.3, 0.4) is 0 Å². The van der Waals surface area contributed by atoms with Crippen molar-refractivity contribution in [3.05, 3.63) is 12.7 Å². The summed E-state index contributed by atoms with van der Waals surface area (Å²) < 4.78 is 0.